The number of methoxy groups -OCH3 is 1. The Balaban J connectivity index is 1.93. The summed E-state index contributed by atoms with van der Waals surface area (Å²) in [5, 5.41) is 3.18. The van der Waals surface area contributed by atoms with Crippen LogP contribution in [-0.4, -0.2) is 49.3 Å². The fraction of sp³-hybridized carbons (Fsp3) is 0.700. The number of nitrogens with zero attached hydrogens (tertiary/aromatic N) is 2. The number of hydrogen-bond donors (Lipinski definition) is 1. The zero-order valence-corrected chi connectivity index (χ0v) is 9.74. The normalized spacial score (nSPS) is 27.3. The van der Waals surface area contributed by atoms with Crippen LogP contribution < -0.4 is 5.73 Å². The summed E-state index contributed by atoms with van der Waals surface area (Å²) < 4.78 is 5.07. The van der Waals surface area contributed by atoms with E-state index in [9.17, 15) is 0 Å². The smallest absolute Gasteiger partial charge is 0.0984 e. The van der Waals surface area contributed by atoms with Gasteiger partial charge >= 0.3 is 0 Å². The molecule has 0 unspecified atom stereocenters. The van der Waals surface area contributed by atoms with Gasteiger partial charge in [0.1, 0.15) is 0 Å². The summed E-state index contributed by atoms with van der Waals surface area (Å²) in [6, 6.07) is 0.216. The van der Waals surface area contributed by atoms with E-state index >= 15 is 0 Å². The summed E-state index contributed by atoms with van der Waals surface area (Å²) in [6.07, 6.45) is 1.85. The molecule has 84 valence electrons. The Hall–Kier alpha value is -0.490. The zero-order chi connectivity index (χ0) is 10.7. The van der Waals surface area contributed by atoms with Crippen LogP contribution in [0.5, 0.6) is 0 Å². The number of ether oxygens (including phenoxy) is 1. The molecule has 2 heterocycles. The zero-order valence-electron chi connectivity index (χ0n) is 8.93. The molecule has 0 amide bonds. The van der Waals surface area contributed by atoms with Gasteiger partial charge in [-0.2, -0.15) is 0 Å². The lowest BCUT2D eigenvalue weighted by Gasteiger charge is -2.13. The molecule has 0 radical (unpaired) electrons. The Morgan fingerprint density at radius 3 is 3.20 bits per heavy atom. The third-order valence-electron chi connectivity index (χ3n) is 2.82. The van der Waals surface area contributed by atoms with E-state index in [1.54, 1.807) is 18.4 Å². The van der Waals surface area contributed by atoms with Crippen LogP contribution in [0.3, 0.4) is 0 Å². The van der Waals surface area contributed by atoms with Crippen molar-refractivity contribution < 1.29 is 4.74 Å². The maximum Gasteiger partial charge on any atom is 0.0984 e. The molecule has 2 N–H and O–H groups in total. The van der Waals surface area contributed by atoms with Crippen LogP contribution in [0, 0.1) is 0 Å². The van der Waals surface area contributed by atoms with Crippen LogP contribution in [0.4, 0.5) is 0 Å². The predicted molar refractivity (Wildman–Crippen MR) is 61.1 cm³/mol. The van der Waals surface area contributed by atoms with Crippen LogP contribution in [0.25, 0.3) is 0 Å². The minimum Gasteiger partial charge on any atom is -0.383 e. The van der Waals surface area contributed by atoms with E-state index in [1.165, 1.54) is 5.01 Å². The van der Waals surface area contributed by atoms with Crippen molar-refractivity contribution in [3.63, 3.8) is 0 Å². The van der Waals surface area contributed by atoms with Crippen molar-refractivity contribution in [2.75, 3.05) is 33.4 Å². The summed E-state index contributed by atoms with van der Waals surface area (Å²) in [7, 11) is 1.73. The first-order valence-corrected chi connectivity index (χ1v) is 6.05. The van der Waals surface area contributed by atoms with Crippen molar-refractivity contribution in [2.45, 2.75) is 12.0 Å². The summed E-state index contributed by atoms with van der Waals surface area (Å²) in [6.45, 7) is 3.70. The van der Waals surface area contributed by atoms with Gasteiger partial charge in [0.15, 0.2) is 0 Å². The van der Waals surface area contributed by atoms with E-state index in [4.69, 9.17) is 10.5 Å². The molecule has 15 heavy (non-hydrogen) atoms. The van der Waals surface area contributed by atoms with Gasteiger partial charge in [0.2, 0.25) is 0 Å². The molecule has 0 aromatic carbocycles. The van der Waals surface area contributed by atoms with E-state index in [1.807, 2.05) is 11.6 Å². The third-order valence-corrected chi connectivity index (χ3v) is 3.73. The van der Waals surface area contributed by atoms with Gasteiger partial charge in [-0.15, -0.1) is 11.3 Å². The molecule has 1 aromatic rings. The maximum absolute atomic E-state index is 6.12. The highest BCUT2D eigenvalue weighted by molar-refractivity contribution is 7.09. The lowest BCUT2D eigenvalue weighted by atomic mass is 10.1. The highest BCUT2D eigenvalue weighted by Gasteiger charge is 2.32. The predicted octanol–water partition coefficient (Wildman–Crippen LogP) is 0.516. The quantitative estimate of drug-likeness (QED) is 0.814. The molecule has 2 rings (SSSR count). The largest absolute Gasteiger partial charge is 0.383 e. The number of thiazole rings is 1. The molecular formula is C10H17N3OS. The van der Waals surface area contributed by atoms with Crippen molar-refractivity contribution in [1.29, 1.82) is 0 Å². The van der Waals surface area contributed by atoms with Gasteiger partial charge in [-0.25, -0.2) is 4.98 Å². The van der Waals surface area contributed by atoms with Crippen LogP contribution in [-0.2, 0) is 4.74 Å². The van der Waals surface area contributed by atoms with Gasteiger partial charge in [-0.1, -0.05) is 0 Å². The molecule has 4 nitrogen and oxygen atoms in total. The monoisotopic (exact) mass is 227 g/mol. The summed E-state index contributed by atoms with van der Waals surface area (Å²) in [5.74, 6) is 0.404. The van der Waals surface area contributed by atoms with Crippen LogP contribution >= 0.6 is 11.3 Å². The molecule has 0 bridgehead atoms. The van der Waals surface area contributed by atoms with E-state index in [-0.39, 0.29) is 6.04 Å². The number of hydrogen-bond acceptors (Lipinski definition) is 5. The first kappa shape index (κ1) is 11.0. The Kier molecular flexibility index (Phi) is 3.69. The summed E-state index contributed by atoms with van der Waals surface area (Å²) in [4.78, 5) is 6.69. The van der Waals surface area contributed by atoms with Crippen LogP contribution in [0.15, 0.2) is 11.6 Å². The Labute approximate surface area is 94.1 Å². The summed E-state index contributed by atoms with van der Waals surface area (Å²) >= 11 is 1.70. The lowest BCUT2D eigenvalue weighted by Crippen LogP contribution is -2.30. The fourth-order valence-electron chi connectivity index (χ4n) is 2.00. The Morgan fingerprint density at radius 1 is 1.67 bits per heavy atom. The van der Waals surface area contributed by atoms with Gasteiger partial charge in [0.05, 0.1) is 11.6 Å². The standard InChI is InChI=1S/C10H17N3OS/c1-14-4-3-13-6-8(9(11)7-13)10-12-2-5-15-10/h2,5,8-9H,3-4,6-7,11H2,1H3/t8-,9-/m0/s1. The van der Waals surface area contributed by atoms with Crippen molar-refractivity contribution in [3.8, 4) is 0 Å². The number of nitrogens with two attached hydrogens (primary N) is 1. The van der Waals surface area contributed by atoms with Gasteiger partial charge in [0, 0.05) is 50.3 Å². The van der Waals surface area contributed by atoms with E-state index in [0.29, 0.717) is 5.92 Å². The number of aromatic nitrogens is 1. The average molecular weight is 227 g/mol. The minimum absolute atomic E-state index is 0.216. The molecule has 1 aliphatic heterocycles. The lowest BCUT2D eigenvalue weighted by molar-refractivity contribution is 0.160. The molecule has 1 aromatic heterocycles. The van der Waals surface area contributed by atoms with E-state index < -0.39 is 0 Å². The SMILES string of the molecule is COCCN1C[C@H](c2nccs2)[C@@H](N)C1. The maximum atomic E-state index is 6.12. The Bertz CT molecular complexity index is 291. The van der Waals surface area contributed by atoms with Crippen molar-refractivity contribution in [3.05, 3.63) is 16.6 Å². The van der Waals surface area contributed by atoms with Crippen molar-refractivity contribution in [2.24, 2.45) is 5.73 Å². The van der Waals surface area contributed by atoms with Gasteiger partial charge in [-0.05, 0) is 0 Å². The second kappa shape index (κ2) is 5.03. The molecule has 1 fully saturated rings. The average Bonchev–Trinajstić information content (AvgIpc) is 2.83. The first-order chi connectivity index (χ1) is 7.31. The van der Waals surface area contributed by atoms with E-state index in [2.05, 4.69) is 9.88 Å². The first-order valence-electron chi connectivity index (χ1n) is 5.17. The van der Waals surface area contributed by atoms with Crippen molar-refractivity contribution in [1.82, 2.24) is 9.88 Å². The second-order valence-electron chi connectivity index (χ2n) is 3.89. The molecule has 0 aliphatic carbocycles. The minimum atomic E-state index is 0.216. The second-order valence-corrected chi connectivity index (χ2v) is 4.82. The Morgan fingerprint density at radius 2 is 2.53 bits per heavy atom. The number of likely N-dealkylation sites (tertiary alicyclic amines) is 1. The highest BCUT2D eigenvalue weighted by atomic mass is 32.1. The van der Waals surface area contributed by atoms with Gasteiger partial charge in [0.25, 0.3) is 0 Å². The molecule has 0 saturated carbocycles. The molecular weight excluding hydrogens is 210 g/mol. The molecule has 1 aliphatic rings. The van der Waals surface area contributed by atoms with Crippen molar-refractivity contribution >= 4 is 11.3 Å². The summed E-state index contributed by atoms with van der Waals surface area (Å²) in [5.41, 5.74) is 6.12. The molecule has 5 heteroatoms. The topological polar surface area (TPSA) is 51.4 Å². The van der Waals surface area contributed by atoms with Crippen LogP contribution in [0.2, 0.25) is 0 Å². The molecule has 2 atom stereocenters. The fourth-order valence-corrected chi connectivity index (χ4v) is 2.80. The third kappa shape index (κ3) is 2.55. The highest BCUT2D eigenvalue weighted by Crippen LogP contribution is 2.27. The molecule has 0 spiro atoms. The van der Waals surface area contributed by atoms with E-state index in [0.717, 1.165) is 26.2 Å². The van der Waals surface area contributed by atoms with Gasteiger partial charge in [-0.3, -0.25) is 4.90 Å². The molecule has 1 saturated heterocycles. The van der Waals surface area contributed by atoms with Gasteiger partial charge < -0.3 is 10.5 Å². The van der Waals surface area contributed by atoms with Crippen LogP contribution in [0.1, 0.15) is 10.9 Å². The number of rotatable bonds is 4.